The second-order valence-electron chi connectivity index (χ2n) is 6.75. The summed E-state index contributed by atoms with van der Waals surface area (Å²) in [5, 5.41) is 6.70. The summed E-state index contributed by atoms with van der Waals surface area (Å²) in [4.78, 5) is 10.7. The number of nitrogens with zero attached hydrogens (tertiary/aromatic N) is 1. The Kier molecular flexibility index (Phi) is 6.70. The number of nitroso groups, excluding NO2 is 1. The fourth-order valence-corrected chi connectivity index (χ4v) is 3.16. The van der Waals surface area contributed by atoms with Gasteiger partial charge in [0.05, 0.1) is 5.56 Å². The molecule has 0 amide bonds. The van der Waals surface area contributed by atoms with Crippen molar-refractivity contribution in [1.82, 2.24) is 5.32 Å². The number of thiol groups is 1. The number of hydrogen-bond acceptors (Lipinski definition) is 5. The zero-order chi connectivity index (χ0) is 22.6. The van der Waals surface area contributed by atoms with Crippen LogP contribution in [0.3, 0.4) is 0 Å². The summed E-state index contributed by atoms with van der Waals surface area (Å²) in [5.41, 5.74) is 0.901. The topological polar surface area (TPSA) is 50.7 Å². The lowest BCUT2D eigenvalue weighted by Gasteiger charge is -2.19. The van der Waals surface area contributed by atoms with Crippen LogP contribution in [0, 0.1) is 4.91 Å². The van der Waals surface area contributed by atoms with Gasteiger partial charge in [-0.05, 0) is 34.3 Å². The first-order chi connectivity index (χ1) is 14.7. The van der Waals surface area contributed by atoms with Crippen molar-refractivity contribution in [2.24, 2.45) is 5.18 Å². The molecule has 1 unspecified atom stereocenters. The van der Waals surface area contributed by atoms with Gasteiger partial charge in [0.1, 0.15) is 23.4 Å². The SMILES string of the molecule is C=C(NC(S)C(=C)N=O)c1ccc2ccccc2c1OCc1ccc(C(F)(F)F)cc1. The molecule has 3 aromatic carbocycles. The van der Waals surface area contributed by atoms with Gasteiger partial charge in [0.2, 0.25) is 0 Å². The first-order valence-corrected chi connectivity index (χ1v) is 9.69. The zero-order valence-corrected chi connectivity index (χ0v) is 17.2. The van der Waals surface area contributed by atoms with E-state index >= 15 is 0 Å². The van der Waals surface area contributed by atoms with Gasteiger partial charge in [-0.1, -0.05) is 55.6 Å². The summed E-state index contributed by atoms with van der Waals surface area (Å²) in [5.74, 6) is 0.501. The molecule has 0 fully saturated rings. The van der Waals surface area contributed by atoms with Gasteiger partial charge >= 0.3 is 6.18 Å². The number of ether oxygens (including phenoxy) is 1. The molecule has 0 aliphatic carbocycles. The molecule has 0 spiro atoms. The molecule has 1 N–H and O–H groups in total. The Bertz CT molecular complexity index is 1130. The van der Waals surface area contributed by atoms with Crippen LogP contribution in [-0.2, 0) is 12.8 Å². The third kappa shape index (κ3) is 5.27. The number of hydrogen-bond donors (Lipinski definition) is 2. The Balaban J connectivity index is 1.90. The molecular formula is C23H19F3N2O2S. The van der Waals surface area contributed by atoms with Gasteiger partial charge in [-0.3, -0.25) is 0 Å². The lowest BCUT2D eigenvalue weighted by Crippen LogP contribution is -2.23. The Morgan fingerprint density at radius 3 is 2.39 bits per heavy atom. The third-order valence-corrected chi connectivity index (χ3v) is 5.04. The van der Waals surface area contributed by atoms with Crippen LogP contribution in [0.25, 0.3) is 16.5 Å². The minimum absolute atomic E-state index is 0.00232. The van der Waals surface area contributed by atoms with E-state index in [0.29, 0.717) is 22.6 Å². The minimum Gasteiger partial charge on any atom is -0.488 e. The van der Waals surface area contributed by atoms with Gasteiger partial charge in [0.15, 0.2) is 0 Å². The molecule has 160 valence electrons. The number of alkyl halides is 3. The normalized spacial score (nSPS) is 12.3. The molecule has 1 atom stereocenters. The van der Waals surface area contributed by atoms with Gasteiger partial charge in [0, 0.05) is 16.6 Å². The average Bonchev–Trinajstić information content (AvgIpc) is 2.76. The van der Waals surface area contributed by atoms with Crippen molar-refractivity contribution in [2.75, 3.05) is 0 Å². The van der Waals surface area contributed by atoms with E-state index in [-0.39, 0.29) is 12.3 Å². The lowest BCUT2D eigenvalue weighted by molar-refractivity contribution is -0.137. The van der Waals surface area contributed by atoms with Crippen molar-refractivity contribution in [2.45, 2.75) is 18.2 Å². The van der Waals surface area contributed by atoms with Crippen molar-refractivity contribution in [3.05, 3.63) is 101 Å². The smallest absolute Gasteiger partial charge is 0.416 e. The zero-order valence-electron chi connectivity index (χ0n) is 16.3. The summed E-state index contributed by atoms with van der Waals surface area (Å²) >= 11 is 4.25. The van der Waals surface area contributed by atoms with Crippen molar-refractivity contribution in [3.8, 4) is 5.75 Å². The third-order valence-electron chi connectivity index (χ3n) is 4.61. The highest BCUT2D eigenvalue weighted by Gasteiger charge is 2.30. The summed E-state index contributed by atoms with van der Waals surface area (Å²) in [7, 11) is 0. The van der Waals surface area contributed by atoms with E-state index in [1.807, 2.05) is 30.3 Å². The molecule has 0 bridgehead atoms. The van der Waals surface area contributed by atoms with E-state index in [9.17, 15) is 18.1 Å². The fourth-order valence-electron chi connectivity index (χ4n) is 2.96. The number of rotatable bonds is 8. The Morgan fingerprint density at radius 2 is 1.74 bits per heavy atom. The van der Waals surface area contributed by atoms with Crippen LogP contribution < -0.4 is 10.1 Å². The van der Waals surface area contributed by atoms with Crippen molar-refractivity contribution < 1.29 is 17.9 Å². The van der Waals surface area contributed by atoms with Gasteiger partial charge in [-0.25, -0.2) is 0 Å². The molecule has 0 heterocycles. The maximum absolute atomic E-state index is 12.8. The number of benzene rings is 3. The van der Waals surface area contributed by atoms with E-state index in [1.165, 1.54) is 12.1 Å². The molecule has 8 heteroatoms. The Labute approximate surface area is 182 Å². The number of nitrogens with one attached hydrogen (secondary N) is 1. The molecule has 3 aromatic rings. The van der Waals surface area contributed by atoms with Crippen LogP contribution in [0.1, 0.15) is 16.7 Å². The molecule has 4 nitrogen and oxygen atoms in total. The van der Waals surface area contributed by atoms with E-state index < -0.39 is 17.1 Å². The van der Waals surface area contributed by atoms with Crippen molar-refractivity contribution in [3.63, 3.8) is 0 Å². The van der Waals surface area contributed by atoms with E-state index in [4.69, 9.17) is 4.74 Å². The fraction of sp³-hybridized carbons (Fsp3) is 0.130. The molecular weight excluding hydrogens is 425 g/mol. The first kappa shape index (κ1) is 22.4. The number of fused-ring (bicyclic) bond motifs is 1. The molecule has 0 aliphatic heterocycles. The van der Waals surface area contributed by atoms with Gasteiger partial charge in [0.25, 0.3) is 0 Å². The van der Waals surface area contributed by atoms with Crippen molar-refractivity contribution in [1.29, 1.82) is 0 Å². The second kappa shape index (κ2) is 9.26. The van der Waals surface area contributed by atoms with E-state index in [0.717, 1.165) is 22.9 Å². The highest BCUT2D eigenvalue weighted by molar-refractivity contribution is 7.81. The number of halogens is 3. The van der Waals surface area contributed by atoms with Crippen LogP contribution >= 0.6 is 12.6 Å². The molecule has 3 rings (SSSR count). The molecule has 0 radical (unpaired) electrons. The molecule has 0 saturated carbocycles. The van der Waals surface area contributed by atoms with Gasteiger partial charge in [-0.2, -0.15) is 13.2 Å². The van der Waals surface area contributed by atoms with Crippen LogP contribution in [-0.4, -0.2) is 5.37 Å². The molecule has 0 saturated heterocycles. The summed E-state index contributed by atoms with van der Waals surface area (Å²) < 4.78 is 44.4. The maximum Gasteiger partial charge on any atom is 0.416 e. The largest absolute Gasteiger partial charge is 0.488 e. The lowest BCUT2D eigenvalue weighted by atomic mass is 10.0. The second-order valence-corrected chi connectivity index (χ2v) is 7.27. The highest BCUT2D eigenvalue weighted by atomic mass is 32.1. The average molecular weight is 444 g/mol. The van der Waals surface area contributed by atoms with Crippen LogP contribution in [0.2, 0.25) is 0 Å². The minimum atomic E-state index is -4.39. The Morgan fingerprint density at radius 1 is 1.06 bits per heavy atom. The van der Waals surface area contributed by atoms with Gasteiger partial charge < -0.3 is 10.1 Å². The quantitative estimate of drug-likeness (QED) is 0.236. The first-order valence-electron chi connectivity index (χ1n) is 9.17. The summed E-state index contributed by atoms with van der Waals surface area (Å²) in [6.45, 7) is 7.57. The van der Waals surface area contributed by atoms with E-state index in [1.54, 1.807) is 6.07 Å². The summed E-state index contributed by atoms with van der Waals surface area (Å²) in [6, 6.07) is 16.0. The molecule has 31 heavy (non-hydrogen) atoms. The predicted molar refractivity (Wildman–Crippen MR) is 120 cm³/mol. The summed E-state index contributed by atoms with van der Waals surface area (Å²) in [6.07, 6.45) is -4.39. The predicted octanol–water partition coefficient (Wildman–Crippen LogP) is 6.53. The standard InChI is InChI=1S/C23H19F3N2O2S/c1-14(27-22(31)15(2)28-29)19-12-9-17-5-3-4-6-20(17)21(19)30-13-16-7-10-18(11-8-16)23(24,25)26/h3-12,22,27,31H,1-2,13H2. The van der Waals surface area contributed by atoms with Crippen molar-refractivity contribution >= 4 is 29.1 Å². The maximum atomic E-state index is 12.8. The van der Waals surface area contributed by atoms with Gasteiger partial charge in [-0.15, -0.1) is 17.5 Å². The monoisotopic (exact) mass is 444 g/mol. The molecule has 0 aliphatic rings. The van der Waals surface area contributed by atoms with Crippen LogP contribution in [0.15, 0.2) is 84.7 Å². The van der Waals surface area contributed by atoms with Crippen LogP contribution in [0.5, 0.6) is 5.75 Å². The van der Waals surface area contributed by atoms with Crippen LogP contribution in [0.4, 0.5) is 13.2 Å². The highest BCUT2D eigenvalue weighted by Crippen LogP contribution is 2.34. The van der Waals surface area contributed by atoms with E-state index in [2.05, 4.69) is 36.3 Å². The Hall–Kier alpha value is -3.26. The molecule has 0 aromatic heterocycles.